The molecule has 114 valence electrons. The van der Waals surface area contributed by atoms with Crippen molar-refractivity contribution in [1.82, 2.24) is 0 Å². The van der Waals surface area contributed by atoms with Crippen molar-refractivity contribution in [2.45, 2.75) is 19.8 Å². The predicted molar refractivity (Wildman–Crippen MR) is 80.7 cm³/mol. The van der Waals surface area contributed by atoms with E-state index in [-0.39, 0.29) is 17.1 Å². The molecule has 0 spiro atoms. The molecule has 0 aliphatic rings. The molecular weight excluding hydrogens is 286 g/mol. The van der Waals surface area contributed by atoms with Crippen LogP contribution in [-0.2, 0) is 4.79 Å². The van der Waals surface area contributed by atoms with Gasteiger partial charge in [-0.3, -0.25) is 4.79 Å². The molecule has 0 saturated carbocycles. The fourth-order valence-corrected chi connectivity index (χ4v) is 2.50. The Morgan fingerprint density at radius 2 is 1.23 bits per heavy atom. The first-order chi connectivity index (χ1) is 10.4. The Hall–Kier alpha value is -2.49. The number of aliphatic hydroxyl groups is 1. The lowest BCUT2D eigenvalue weighted by atomic mass is 9.82. The quantitative estimate of drug-likeness (QED) is 0.666. The van der Waals surface area contributed by atoms with Crippen LogP contribution < -0.4 is 0 Å². The minimum Gasteiger partial charge on any atom is -0.512 e. The maximum Gasteiger partial charge on any atom is 0.160 e. The smallest absolute Gasteiger partial charge is 0.160 e. The third-order valence-electron chi connectivity index (χ3n) is 3.46. The normalized spacial score (nSPS) is 12.2. The van der Waals surface area contributed by atoms with Crippen LogP contribution in [0, 0.1) is 11.6 Å². The van der Waals surface area contributed by atoms with Gasteiger partial charge in [-0.2, -0.15) is 0 Å². The summed E-state index contributed by atoms with van der Waals surface area (Å²) in [6.07, 6.45) is 0. The van der Waals surface area contributed by atoms with Crippen molar-refractivity contribution >= 4 is 5.78 Å². The number of Topliss-reactive ketones (excluding diaryl/α,β-unsaturated/α-hetero) is 1. The number of rotatable bonds is 4. The highest BCUT2D eigenvalue weighted by molar-refractivity contribution is 5.96. The Labute approximate surface area is 127 Å². The van der Waals surface area contributed by atoms with Crippen molar-refractivity contribution in [1.29, 1.82) is 0 Å². The summed E-state index contributed by atoms with van der Waals surface area (Å²) in [7, 11) is 0. The average Bonchev–Trinajstić information content (AvgIpc) is 2.46. The molecular formula is C18H16F2O2. The fraction of sp³-hybridized carbons (Fsp3) is 0.167. The van der Waals surface area contributed by atoms with Crippen LogP contribution in [0.4, 0.5) is 8.78 Å². The molecule has 0 saturated heterocycles. The average molecular weight is 302 g/mol. The number of hydrogen-bond donors (Lipinski definition) is 1. The zero-order valence-corrected chi connectivity index (χ0v) is 12.3. The number of carbonyl (C=O) groups excluding carboxylic acids is 1. The number of hydrogen-bond acceptors (Lipinski definition) is 2. The van der Waals surface area contributed by atoms with Crippen molar-refractivity contribution in [3.05, 3.63) is 82.6 Å². The third kappa shape index (κ3) is 3.39. The lowest BCUT2D eigenvalue weighted by Gasteiger charge is -2.21. The number of halogens is 2. The van der Waals surface area contributed by atoms with Gasteiger partial charge in [-0.25, -0.2) is 8.78 Å². The van der Waals surface area contributed by atoms with E-state index in [1.165, 1.54) is 38.1 Å². The molecule has 0 unspecified atom stereocenters. The lowest BCUT2D eigenvalue weighted by Crippen LogP contribution is -2.13. The minimum absolute atomic E-state index is 0.105. The first-order valence-electron chi connectivity index (χ1n) is 6.81. The van der Waals surface area contributed by atoms with E-state index < -0.39 is 17.6 Å². The monoisotopic (exact) mass is 302 g/mol. The molecule has 4 heteroatoms. The van der Waals surface area contributed by atoms with E-state index in [9.17, 15) is 18.7 Å². The highest BCUT2D eigenvalue weighted by atomic mass is 19.1. The third-order valence-corrected chi connectivity index (χ3v) is 3.46. The predicted octanol–water partition coefficient (Wildman–Crippen LogP) is 4.52. The van der Waals surface area contributed by atoms with Gasteiger partial charge in [0.2, 0.25) is 0 Å². The number of aliphatic hydroxyl groups excluding tert-OH is 1. The second-order valence-electron chi connectivity index (χ2n) is 5.09. The molecule has 0 aromatic heterocycles. The van der Waals surface area contributed by atoms with Gasteiger partial charge in [-0.1, -0.05) is 24.3 Å². The Kier molecular flexibility index (Phi) is 4.71. The van der Waals surface area contributed by atoms with Gasteiger partial charge in [-0.15, -0.1) is 0 Å². The number of ketones is 1. The molecule has 2 rings (SSSR count). The highest BCUT2D eigenvalue weighted by Crippen LogP contribution is 2.34. The molecule has 0 atom stereocenters. The topological polar surface area (TPSA) is 37.3 Å². The summed E-state index contributed by atoms with van der Waals surface area (Å²) in [5, 5.41) is 9.90. The van der Waals surface area contributed by atoms with Gasteiger partial charge in [0, 0.05) is 11.5 Å². The van der Waals surface area contributed by atoms with E-state index in [2.05, 4.69) is 0 Å². The van der Waals surface area contributed by atoms with E-state index in [0.29, 0.717) is 11.1 Å². The molecule has 2 aromatic carbocycles. The van der Waals surface area contributed by atoms with Crippen molar-refractivity contribution in [3.8, 4) is 0 Å². The number of benzene rings is 2. The summed E-state index contributed by atoms with van der Waals surface area (Å²) in [6, 6.07) is 11.4. The summed E-state index contributed by atoms with van der Waals surface area (Å²) < 4.78 is 26.3. The number of allylic oxidation sites excluding steroid dienone is 2. The molecule has 2 aromatic rings. The molecule has 0 bridgehead atoms. The molecule has 0 aliphatic carbocycles. The summed E-state index contributed by atoms with van der Waals surface area (Å²) in [5.41, 5.74) is 1.50. The second kappa shape index (κ2) is 6.52. The first kappa shape index (κ1) is 15.9. The van der Waals surface area contributed by atoms with E-state index in [0.717, 1.165) is 0 Å². The Morgan fingerprint density at radius 1 is 0.864 bits per heavy atom. The number of carbonyl (C=O) groups is 1. The van der Waals surface area contributed by atoms with Gasteiger partial charge < -0.3 is 5.11 Å². The molecule has 0 heterocycles. The fourth-order valence-electron chi connectivity index (χ4n) is 2.50. The molecule has 2 nitrogen and oxygen atoms in total. The van der Waals surface area contributed by atoms with Crippen LogP contribution in [0.3, 0.4) is 0 Å². The van der Waals surface area contributed by atoms with Crippen molar-refractivity contribution in [3.63, 3.8) is 0 Å². The van der Waals surface area contributed by atoms with Crippen LogP contribution in [0.25, 0.3) is 0 Å². The van der Waals surface area contributed by atoms with Crippen LogP contribution in [0.2, 0.25) is 0 Å². The second-order valence-corrected chi connectivity index (χ2v) is 5.09. The van der Waals surface area contributed by atoms with Crippen molar-refractivity contribution < 1.29 is 18.7 Å². The molecule has 1 N–H and O–H groups in total. The van der Waals surface area contributed by atoms with E-state index >= 15 is 0 Å². The van der Waals surface area contributed by atoms with Gasteiger partial charge in [0.25, 0.3) is 0 Å². The SMILES string of the molecule is CC(=O)/C(=C(/C)O)C(c1ccc(F)cc1)c1ccc(F)cc1. The van der Waals surface area contributed by atoms with Gasteiger partial charge in [-0.05, 0) is 49.2 Å². The van der Waals surface area contributed by atoms with E-state index in [4.69, 9.17) is 0 Å². The Morgan fingerprint density at radius 3 is 1.50 bits per heavy atom. The Bertz CT molecular complexity index is 651. The standard InChI is InChI=1S/C18H16F2O2/c1-11(21)17(12(2)22)18(13-3-7-15(19)8-4-13)14-5-9-16(20)10-6-14/h3-10,18,21H,1-2H3/b17-11+. The summed E-state index contributed by atoms with van der Waals surface area (Å²) in [6.45, 7) is 2.78. The molecule has 22 heavy (non-hydrogen) atoms. The molecule has 0 fully saturated rings. The van der Waals surface area contributed by atoms with Crippen molar-refractivity contribution in [2.75, 3.05) is 0 Å². The maximum absolute atomic E-state index is 13.1. The summed E-state index contributed by atoms with van der Waals surface area (Å²) >= 11 is 0. The lowest BCUT2D eigenvalue weighted by molar-refractivity contribution is -0.114. The van der Waals surface area contributed by atoms with Crippen LogP contribution in [0.5, 0.6) is 0 Å². The maximum atomic E-state index is 13.1. The molecule has 0 amide bonds. The van der Waals surface area contributed by atoms with Gasteiger partial charge in [0.1, 0.15) is 11.6 Å². The van der Waals surface area contributed by atoms with E-state index in [1.807, 2.05) is 0 Å². The zero-order valence-electron chi connectivity index (χ0n) is 12.3. The summed E-state index contributed by atoms with van der Waals surface area (Å²) in [5.74, 6) is -1.76. The zero-order chi connectivity index (χ0) is 16.3. The van der Waals surface area contributed by atoms with Crippen molar-refractivity contribution in [2.24, 2.45) is 0 Å². The largest absolute Gasteiger partial charge is 0.512 e. The van der Waals surface area contributed by atoms with Gasteiger partial charge >= 0.3 is 0 Å². The van der Waals surface area contributed by atoms with Crippen LogP contribution >= 0.6 is 0 Å². The first-order valence-corrected chi connectivity index (χ1v) is 6.81. The molecule has 0 aliphatic heterocycles. The molecule has 0 radical (unpaired) electrons. The van der Waals surface area contributed by atoms with Gasteiger partial charge in [0.15, 0.2) is 5.78 Å². The van der Waals surface area contributed by atoms with Crippen LogP contribution in [0.15, 0.2) is 59.9 Å². The van der Waals surface area contributed by atoms with E-state index in [1.54, 1.807) is 24.3 Å². The minimum atomic E-state index is -0.580. The highest BCUT2D eigenvalue weighted by Gasteiger charge is 2.24. The Balaban J connectivity index is 2.63. The van der Waals surface area contributed by atoms with Gasteiger partial charge in [0.05, 0.1) is 5.76 Å². The van der Waals surface area contributed by atoms with Crippen LogP contribution in [0.1, 0.15) is 30.9 Å². The van der Waals surface area contributed by atoms with Crippen LogP contribution in [-0.4, -0.2) is 10.9 Å². The summed E-state index contributed by atoms with van der Waals surface area (Å²) in [4.78, 5) is 11.9.